The molecule has 1 fully saturated rings. The van der Waals surface area contributed by atoms with Gasteiger partial charge in [-0.25, -0.2) is 0 Å². The molecule has 0 aromatic heterocycles. The molecule has 11 heavy (non-hydrogen) atoms. The van der Waals surface area contributed by atoms with E-state index in [1.165, 1.54) is 12.8 Å². The summed E-state index contributed by atoms with van der Waals surface area (Å²) < 4.78 is 10.9. The summed E-state index contributed by atoms with van der Waals surface area (Å²) in [7, 11) is 0. The van der Waals surface area contributed by atoms with Gasteiger partial charge >= 0.3 is 0 Å². The Labute approximate surface area is 68.2 Å². The van der Waals surface area contributed by atoms with Crippen molar-refractivity contribution in [2.45, 2.75) is 38.6 Å². The minimum absolute atomic E-state index is 0.0109. The van der Waals surface area contributed by atoms with Gasteiger partial charge in [0.25, 0.3) is 0 Å². The van der Waals surface area contributed by atoms with Gasteiger partial charge in [0.15, 0.2) is 6.29 Å². The lowest BCUT2D eigenvalue weighted by Crippen LogP contribution is -2.25. The molecule has 1 aliphatic heterocycles. The van der Waals surface area contributed by atoms with Crippen molar-refractivity contribution in [3.05, 3.63) is 12.7 Å². The molecular weight excluding hydrogens is 140 g/mol. The highest BCUT2D eigenvalue weighted by molar-refractivity contribution is 4.75. The van der Waals surface area contributed by atoms with Crippen LogP contribution in [0, 0.1) is 0 Å². The van der Waals surface area contributed by atoms with Crippen LogP contribution in [0.5, 0.6) is 0 Å². The van der Waals surface area contributed by atoms with Crippen molar-refractivity contribution in [2.75, 3.05) is 6.61 Å². The van der Waals surface area contributed by atoms with E-state index in [1.807, 2.05) is 6.92 Å². The normalized spacial score (nSPS) is 27.9. The average molecular weight is 156 g/mol. The van der Waals surface area contributed by atoms with Crippen LogP contribution in [0.25, 0.3) is 0 Å². The van der Waals surface area contributed by atoms with Crippen molar-refractivity contribution in [3.8, 4) is 0 Å². The number of rotatable bonds is 3. The summed E-state index contributed by atoms with van der Waals surface area (Å²) in [6, 6.07) is 0. The Balaban J connectivity index is 2.18. The van der Waals surface area contributed by atoms with Crippen LogP contribution in [0.15, 0.2) is 12.7 Å². The second-order valence-corrected chi connectivity index (χ2v) is 2.87. The molecule has 0 spiro atoms. The quantitative estimate of drug-likeness (QED) is 0.582. The zero-order valence-electron chi connectivity index (χ0n) is 7.08. The molecule has 1 saturated heterocycles. The molecule has 2 unspecified atom stereocenters. The molecule has 2 nitrogen and oxygen atoms in total. The summed E-state index contributed by atoms with van der Waals surface area (Å²) >= 11 is 0. The van der Waals surface area contributed by atoms with Crippen molar-refractivity contribution in [1.82, 2.24) is 0 Å². The van der Waals surface area contributed by atoms with Gasteiger partial charge in [-0.05, 0) is 26.2 Å². The van der Waals surface area contributed by atoms with Gasteiger partial charge in [0, 0.05) is 6.61 Å². The SMILES string of the molecule is C=CC(C)OC1CCCCO1. The van der Waals surface area contributed by atoms with E-state index in [-0.39, 0.29) is 12.4 Å². The molecule has 2 heteroatoms. The van der Waals surface area contributed by atoms with Gasteiger partial charge in [0.2, 0.25) is 0 Å². The molecule has 64 valence electrons. The first-order valence-electron chi connectivity index (χ1n) is 4.22. The van der Waals surface area contributed by atoms with Gasteiger partial charge in [-0.2, -0.15) is 0 Å². The third-order valence-electron chi connectivity index (χ3n) is 1.84. The van der Waals surface area contributed by atoms with E-state index in [1.54, 1.807) is 6.08 Å². The van der Waals surface area contributed by atoms with E-state index >= 15 is 0 Å². The molecule has 0 aliphatic carbocycles. The summed E-state index contributed by atoms with van der Waals surface area (Å²) in [5.41, 5.74) is 0. The van der Waals surface area contributed by atoms with Gasteiger partial charge in [0.05, 0.1) is 6.10 Å². The largest absolute Gasteiger partial charge is 0.353 e. The first-order chi connectivity index (χ1) is 5.33. The molecule has 1 rings (SSSR count). The molecular formula is C9H16O2. The van der Waals surface area contributed by atoms with Crippen molar-refractivity contribution in [2.24, 2.45) is 0 Å². The third kappa shape index (κ3) is 3.04. The predicted molar refractivity (Wildman–Crippen MR) is 44.3 cm³/mol. The van der Waals surface area contributed by atoms with Crippen LogP contribution >= 0.6 is 0 Å². The van der Waals surface area contributed by atoms with E-state index in [0.717, 1.165) is 13.0 Å². The lowest BCUT2D eigenvalue weighted by molar-refractivity contribution is -0.174. The molecule has 0 saturated carbocycles. The van der Waals surface area contributed by atoms with Crippen LogP contribution < -0.4 is 0 Å². The van der Waals surface area contributed by atoms with Crippen LogP contribution in [0.3, 0.4) is 0 Å². The summed E-state index contributed by atoms with van der Waals surface area (Å²) in [4.78, 5) is 0. The van der Waals surface area contributed by atoms with Crippen molar-refractivity contribution in [3.63, 3.8) is 0 Å². The zero-order valence-corrected chi connectivity index (χ0v) is 7.08. The first-order valence-corrected chi connectivity index (χ1v) is 4.22. The van der Waals surface area contributed by atoms with Crippen LogP contribution in [-0.2, 0) is 9.47 Å². The van der Waals surface area contributed by atoms with E-state index in [4.69, 9.17) is 9.47 Å². The Bertz CT molecular complexity index is 117. The van der Waals surface area contributed by atoms with Gasteiger partial charge in [-0.15, -0.1) is 6.58 Å². The molecule has 1 heterocycles. The lowest BCUT2D eigenvalue weighted by Gasteiger charge is -2.24. The minimum atomic E-state index is 0.0109. The standard InChI is InChI=1S/C9H16O2/c1-3-8(2)11-9-6-4-5-7-10-9/h3,8-9H,1,4-7H2,2H3. The highest BCUT2D eigenvalue weighted by Gasteiger charge is 2.15. The van der Waals surface area contributed by atoms with Crippen molar-refractivity contribution < 1.29 is 9.47 Å². The van der Waals surface area contributed by atoms with Crippen LogP contribution in [0.1, 0.15) is 26.2 Å². The fourth-order valence-electron chi connectivity index (χ4n) is 1.11. The molecule has 0 radical (unpaired) electrons. The molecule has 0 aromatic rings. The smallest absolute Gasteiger partial charge is 0.158 e. The fraction of sp³-hybridized carbons (Fsp3) is 0.778. The Morgan fingerprint density at radius 2 is 2.45 bits per heavy atom. The predicted octanol–water partition coefficient (Wildman–Crippen LogP) is 2.10. The Hall–Kier alpha value is -0.340. The topological polar surface area (TPSA) is 18.5 Å². The number of hydrogen-bond acceptors (Lipinski definition) is 2. The molecule has 1 aliphatic rings. The maximum Gasteiger partial charge on any atom is 0.158 e. The maximum atomic E-state index is 5.50. The van der Waals surface area contributed by atoms with E-state index in [9.17, 15) is 0 Å². The van der Waals surface area contributed by atoms with Gasteiger partial charge in [0.1, 0.15) is 0 Å². The second kappa shape index (κ2) is 4.52. The minimum Gasteiger partial charge on any atom is -0.353 e. The van der Waals surface area contributed by atoms with E-state index < -0.39 is 0 Å². The number of ether oxygens (including phenoxy) is 2. The van der Waals surface area contributed by atoms with Gasteiger partial charge in [-0.3, -0.25) is 0 Å². The van der Waals surface area contributed by atoms with Crippen molar-refractivity contribution in [1.29, 1.82) is 0 Å². The highest BCUT2D eigenvalue weighted by Crippen LogP contribution is 2.15. The molecule has 0 bridgehead atoms. The van der Waals surface area contributed by atoms with Gasteiger partial charge in [-0.1, -0.05) is 6.08 Å². The monoisotopic (exact) mass is 156 g/mol. The Morgan fingerprint density at radius 1 is 1.64 bits per heavy atom. The molecule has 0 amide bonds. The lowest BCUT2D eigenvalue weighted by atomic mass is 10.2. The average Bonchev–Trinajstić information content (AvgIpc) is 2.06. The van der Waals surface area contributed by atoms with Crippen LogP contribution in [0.2, 0.25) is 0 Å². The molecule has 0 aromatic carbocycles. The molecule has 2 atom stereocenters. The zero-order chi connectivity index (χ0) is 8.10. The van der Waals surface area contributed by atoms with Crippen molar-refractivity contribution >= 4 is 0 Å². The summed E-state index contributed by atoms with van der Waals surface area (Å²) in [6.45, 7) is 6.46. The van der Waals surface area contributed by atoms with Crippen LogP contribution in [-0.4, -0.2) is 19.0 Å². The Kier molecular flexibility index (Phi) is 3.60. The number of hydrogen-bond donors (Lipinski definition) is 0. The second-order valence-electron chi connectivity index (χ2n) is 2.87. The highest BCUT2D eigenvalue weighted by atomic mass is 16.7. The Morgan fingerprint density at radius 3 is 3.00 bits per heavy atom. The summed E-state index contributed by atoms with van der Waals surface area (Å²) in [5, 5.41) is 0. The van der Waals surface area contributed by atoms with Gasteiger partial charge < -0.3 is 9.47 Å². The molecule has 0 N–H and O–H groups in total. The fourth-order valence-corrected chi connectivity index (χ4v) is 1.11. The van der Waals surface area contributed by atoms with Crippen LogP contribution in [0.4, 0.5) is 0 Å². The maximum absolute atomic E-state index is 5.50. The summed E-state index contributed by atoms with van der Waals surface area (Å²) in [5.74, 6) is 0. The third-order valence-corrected chi connectivity index (χ3v) is 1.84. The first kappa shape index (κ1) is 8.75. The summed E-state index contributed by atoms with van der Waals surface area (Å²) in [6.07, 6.45) is 5.32. The van der Waals surface area contributed by atoms with E-state index in [0.29, 0.717) is 0 Å². The van der Waals surface area contributed by atoms with E-state index in [2.05, 4.69) is 6.58 Å².